The maximum Gasteiger partial charge on any atom is 0.340 e. The maximum atomic E-state index is 12.2. The predicted molar refractivity (Wildman–Crippen MR) is 98.8 cm³/mol. The fourth-order valence-corrected chi connectivity index (χ4v) is 2.93. The Hall–Kier alpha value is -3.08. The summed E-state index contributed by atoms with van der Waals surface area (Å²) < 4.78 is 11.3. The van der Waals surface area contributed by atoms with Crippen molar-refractivity contribution in [2.24, 2.45) is 0 Å². The molecule has 0 amide bonds. The second kappa shape index (κ2) is 7.04. The molecule has 0 spiro atoms. The molecule has 0 aliphatic rings. The number of hydrogen-bond acceptors (Lipinski definition) is 4. The standard InChI is InChI=1S/C21H20O5/c1-12-4-6-15(7-5-12)11-25-18-9-8-16-13(2)17(10-19(22)23)21(24)26-20(16)14(18)3/h4-9H,10-11H2,1-3H3,(H,22,23). The number of carbonyl (C=O) groups is 1. The molecule has 0 unspecified atom stereocenters. The van der Waals surface area contributed by atoms with Crippen LogP contribution in [0.15, 0.2) is 45.6 Å². The van der Waals surface area contributed by atoms with Gasteiger partial charge in [0, 0.05) is 10.9 Å². The average molecular weight is 352 g/mol. The fraction of sp³-hybridized carbons (Fsp3) is 0.238. The lowest BCUT2D eigenvalue weighted by Crippen LogP contribution is -2.15. The van der Waals surface area contributed by atoms with E-state index in [1.807, 2.05) is 44.2 Å². The Morgan fingerprint density at radius 3 is 2.38 bits per heavy atom. The summed E-state index contributed by atoms with van der Waals surface area (Å²) in [5, 5.41) is 9.70. The van der Waals surface area contributed by atoms with Gasteiger partial charge in [0.2, 0.25) is 0 Å². The molecule has 134 valence electrons. The lowest BCUT2D eigenvalue weighted by Gasteiger charge is -2.13. The molecule has 0 radical (unpaired) electrons. The summed E-state index contributed by atoms with van der Waals surface area (Å²) in [4.78, 5) is 23.2. The molecular weight excluding hydrogens is 332 g/mol. The van der Waals surface area contributed by atoms with Crippen molar-refractivity contribution in [2.75, 3.05) is 0 Å². The van der Waals surface area contributed by atoms with Crippen LogP contribution in [0.3, 0.4) is 0 Å². The number of rotatable bonds is 5. The minimum atomic E-state index is -1.06. The van der Waals surface area contributed by atoms with Crippen LogP contribution in [0.5, 0.6) is 5.75 Å². The van der Waals surface area contributed by atoms with Crippen molar-refractivity contribution in [1.29, 1.82) is 0 Å². The molecule has 5 heteroatoms. The Labute approximate surface area is 150 Å². The van der Waals surface area contributed by atoms with E-state index in [1.165, 1.54) is 5.56 Å². The topological polar surface area (TPSA) is 76.7 Å². The van der Waals surface area contributed by atoms with Gasteiger partial charge in [0.15, 0.2) is 0 Å². The smallest absolute Gasteiger partial charge is 0.340 e. The molecule has 0 aliphatic carbocycles. The van der Waals surface area contributed by atoms with Crippen molar-refractivity contribution < 1.29 is 19.1 Å². The van der Waals surface area contributed by atoms with Gasteiger partial charge in [-0.05, 0) is 44.0 Å². The van der Waals surface area contributed by atoms with Gasteiger partial charge >= 0.3 is 11.6 Å². The third-order valence-corrected chi connectivity index (χ3v) is 4.50. The first kappa shape index (κ1) is 17.7. The molecule has 0 saturated heterocycles. The summed E-state index contributed by atoms with van der Waals surface area (Å²) in [6.45, 7) is 6.00. The quantitative estimate of drug-likeness (QED) is 0.704. The van der Waals surface area contributed by atoms with Gasteiger partial charge in [0.1, 0.15) is 17.9 Å². The first-order valence-corrected chi connectivity index (χ1v) is 8.33. The molecule has 1 N–H and O–H groups in total. The number of hydrogen-bond donors (Lipinski definition) is 1. The molecule has 0 saturated carbocycles. The van der Waals surface area contributed by atoms with Crippen molar-refractivity contribution in [1.82, 2.24) is 0 Å². The van der Waals surface area contributed by atoms with E-state index in [9.17, 15) is 9.59 Å². The van der Waals surface area contributed by atoms with Crippen LogP contribution in [0.4, 0.5) is 0 Å². The maximum absolute atomic E-state index is 12.2. The molecule has 2 aromatic carbocycles. The summed E-state index contributed by atoms with van der Waals surface area (Å²) in [5.74, 6) is -0.430. The largest absolute Gasteiger partial charge is 0.488 e. The molecular formula is C21H20O5. The lowest BCUT2D eigenvalue weighted by molar-refractivity contribution is -0.136. The molecule has 0 bridgehead atoms. The van der Waals surface area contributed by atoms with Crippen molar-refractivity contribution >= 4 is 16.9 Å². The fourth-order valence-electron chi connectivity index (χ4n) is 2.93. The van der Waals surface area contributed by atoms with E-state index in [1.54, 1.807) is 13.0 Å². The van der Waals surface area contributed by atoms with Gasteiger partial charge < -0.3 is 14.3 Å². The second-order valence-electron chi connectivity index (χ2n) is 6.40. The van der Waals surface area contributed by atoms with E-state index in [-0.39, 0.29) is 12.0 Å². The molecule has 3 rings (SSSR count). The van der Waals surface area contributed by atoms with Gasteiger partial charge in [0.05, 0.1) is 12.0 Å². The summed E-state index contributed by atoms with van der Waals surface area (Å²) in [6, 6.07) is 11.7. The monoisotopic (exact) mass is 352 g/mol. The van der Waals surface area contributed by atoms with Crippen LogP contribution in [0.1, 0.15) is 27.8 Å². The molecule has 0 atom stereocenters. The van der Waals surface area contributed by atoms with E-state index in [2.05, 4.69) is 0 Å². The van der Waals surface area contributed by atoms with E-state index in [0.717, 1.165) is 16.5 Å². The number of carboxylic acids is 1. The minimum Gasteiger partial charge on any atom is -0.488 e. The van der Waals surface area contributed by atoms with Crippen molar-refractivity contribution in [2.45, 2.75) is 33.8 Å². The molecule has 26 heavy (non-hydrogen) atoms. The summed E-state index contributed by atoms with van der Waals surface area (Å²) in [6.07, 6.45) is -0.352. The van der Waals surface area contributed by atoms with E-state index < -0.39 is 11.6 Å². The van der Waals surface area contributed by atoms with Crippen molar-refractivity contribution in [3.63, 3.8) is 0 Å². The zero-order valence-electron chi connectivity index (χ0n) is 15.0. The van der Waals surface area contributed by atoms with Crippen LogP contribution in [0.25, 0.3) is 11.0 Å². The Morgan fingerprint density at radius 2 is 1.73 bits per heavy atom. The third kappa shape index (κ3) is 3.47. The molecule has 0 aliphatic heterocycles. The molecule has 3 aromatic rings. The lowest BCUT2D eigenvalue weighted by atomic mass is 10.0. The normalized spacial score (nSPS) is 10.9. The van der Waals surface area contributed by atoms with Gasteiger partial charge in [-0.2, -0.15) is 0 Å². The Kier molecular flexibility index (Phi) is 4.80. The van der Waals surface area contributed by atoms with Crippen LogP contribution in [0.2, 0.25) is 0 Å². The van der Waals surface area contributed by atoms with Gasteiger partial charge in [-0.3, -0.25) is 4.79 Å². The Bertz CT molecular complexity index is 1030. The first-order valence-electron chi connectivity index (χ1n) is 8.33. The van der Waals surface area contributed by atoms with E-state index >= 15 is 0 Å². The van der Waals surface area contributed by atoms with E-state index in [4.69, 9.17) is 14.3 Å². The van der Waals surface area contributed by atoms with Crippen LogP contribution >= 0.6 is 0 Å². The summed E-state index contributed by atoms with van der Waals surface area (Å²) in [7, 11) is 0. The van der Waals surface area contributed by atoms with Gasteiger partial charge in [-0.1, -0.05) is 29.8 Å². The molecule has 0 fully saturated rings. The zero-order chi connectivity index (χ0) is 18.8. The Balaban J connectivity index is 1.96. The highest BCUT2D eigenvalue weighted by Crippen LogP contribution is 2.30. The number of benzene rings is 2. The SMILES string of the molecule is Cc1ccc(COc2ccc3c(C)c(CC(=O)O)c(=O)oc3c2C)cc1. The predicted octanol–water partition coefficient (Wildman–Crippen LogP) is 3.92. The van der Waals surface area contributed by atoms with Gasteiger partial charge in [0.25, 0.3) is 0 Å². The number of fused-ring (bicyclic) bond motifs is 1. The van der Waals surface area contributed by atoms with Crippen LogP contribution in [0, 0.1) is 20.8 Å². The molecule has 5 nitrogen and oxygen atoms in total. The summed E-state index contributed by atoms with van der Waals surface area (Å²) in [5.41, 5.74) is 3.58. The van der Waals surface area contributed by atoms with Gasteiger partial charge in [-0.25, -0.2) is 4.79 Å². The first-order chi connectivity index (χ1) is 12.4. The number of carboxylic acid groups (broad SMARTS) is 1. The number of aliphatic carboxylic acids is 1. The zero-order valence-corrected chi connectivity index (χ0v) is 15.0. The molecule has 1 aromatic heterocycles. The second-order valence-corrected chi connectivity index (χ2v) is 6.40. The van der Waals surface area contributed by atoms with Crippen LogP contribution < -0.4 is 10.4 Å². The molecule has 1 heterocycles. The van der Waals surface area contributed by atoms with Crippen LogP contribution in [-0.2, 0) is 17.8 Å². The average Bonchev–Trinajstić information content (AvgIpc) is 2.60. The van der Waals surface area contributed by atoms with Gasteiger partial charge in [-0.15, -0.1) is 0 Å². The number of ether oxygens (including phenoxy) is 1. The van der Waals surface area contributed by atoms with Crippen molar-refractivity contribution in [3.05, 3.63) is 74.6 Å². The van der Waals surface area contributed by atoms with Crippen molar-refractivity contribution in [3.8, 4) is 5.75 Å². The highest BCUT2D eigenvalue weighted by molar-refractivity contribution is 5.86. The Morgan fingerprint density at radius 1 is 1.04 bits per heavy atom. The van der Waals surface area contributed by atoms with E-state index in [0.29, 0.717) is 23.5 Å². The summed E-state index contributed by atoms with van der Waals surface area (Å²) >= 11 is 0. The minimum absolute atomic E-state index is 0.178. The van der Waals surface area contributed by atoms with Crippen LogP contribution in [-0.4, -0.2) is 11.1 Å². The highest BCUT2D eigenvalue weighted by Gasteiger charge is 2.17. The highest BCUT2D eigenvalue weighted by atomic mass is 16.5. The number of aryl methyl sites for hydroxylation is 3. The third-order valence-electron chi connectivity index (χ3n) is 4.50.